The van der Waals surface area contributed by atoms with Gasteiger partial charge in [-0.3, -0.25) is 5.32 Å². The monoisotopic (exact) mass is 466 g/mol. The van der Waals surface area contributed by atoms with Crippen molar-refractivity contribution < 1.29 is 19.0 Å². The van der Waals surface area contributed by atoms with E-state index < -0.39 is 12.2 Å². The van der Waals surface area contributed by atoms with Gasteiger partial charge in [-0.1, -0.05) is 32.0 Å². The Labute approximate surface area is 198 Å². The molecule has 2 heterocycles. The SMILES string of the molecule is CC(C)c1ccc(NC(=O)O[C@H]2CO[C@@H]3[C@@H]2OC[C@@H]3NC(=S)Nc2cccc(C#N)c2)cc1. The van der Waals surface area contributed by atoms with E-state index in [1.54, 1.807) is 18.2 Å². The molecule has 9 heteroatoms. The molecule has 0 bridgehead atoms. The number of ether oxygens (including phenoxy) is 3. The molecule has 2 aliphatic heterocycles. The van der Waals surface area contributed by atoms with E-state index in [9.17, 15) is 4.79 Å². The maximum absolute atomic E-state index is 12.4. The minimum absolute atomic E-state index is 0.186. The van der Waals surface area contributed by atoms with Crippen LogP contribution in [-0.2, 0) is 14.2 Å². The number of thiocarbonyl (C=S) groups is 1. The molecule has 2 aromatic rings. The Morgan fingerprint density at radius 3 is 2.58 bits per heavy atom. The number of fused-ring (bicyclic) bond motifs is 1. The van der Waals surface area contributed by atoms with E-state index in [4.69, 9.17) is 31.7 Å². The number of nitriles is 1. The van der Waals surface area contributed by atoms with Gasteiger partial charge in [0.25, 0.3) is 0 Å². The molecule has 1 amide bonds. The molecule has 0 unspecified atom stereocenters. The molecule has 33 heavy (non-hydrogen) atoms. The van der Waals surface area contributed by atoms with Crippen LogP contribution in [0.4, 0.5) is 16.2 Å². The van der Waals surface area contributed by atoms with Crippen LogP contribution in [0.1, 0.15) is 30.9 Å². The summed E-state index contributed by atoms with van der Waals surface area (Å²) in [7, 11) is 0. The highest BCUT2D eigenvalue weighted by Gasteiger charge is 2.49. The molecule has 0 saturated carbocycles. The minimum atomic E-state index is -0.545. The molecule has 0 aliphatic carbocycles. The van der Waals surface area contributed by atoms with Gasteiger partial charge < -0.3 is 24.8 Å². The van der Waals surface area contributed by atoms with Crippen LogP contribution >= 0.6 is 12.2 Å². The number of nitrogens with zero attached hydrogens (tertiary/aromatic N) is 1. The van der Waals surface area contributed by atoms with Crippen LogP contribution in [0.5, 0.6) is 0 Å². The van der Waals surface area contributed by atoms with Gasteiger partial charge in [0, 0.05) is 11.4 Å². The van der Waals surface area contributed by atoms with Crippen molar-refractivity contribution in [3.63, 3.8) is 0 Å². The summed E-state index contributed by atoms with van der Waals surface area (Å²) in [5.41, 5.74) is 3.13. The van der Waals surface area contributed by atoms with Crippen molar-refractivity contribution in [2.45, 2.75) is 44.1 Å². The number of amides is 1. The van der Waals surface area contributed by atoms with Crippen molar-refractivity contribution in [1.29, 1.82) is 5.26 Å². The number of carbonyl (C=O) groups is 1. The number of nitrogens with one attached hydrogen (secondary N) is 3. The van der Waals surface area contributed by atoms with Crippen molar-refractivity contribution in [3.8, 4) is 6.07 Å². The number of benzene rings is 2. The smallest absolute Gasteiger partial charge is 0.412 e. The third-order valence-electron chi connectivity index (χ3n) is 5.66. The lowest BCUT2D eigenvalue weighted by Crippen LogP contribution is -2.46. The van der Waals surface area contributed by atoms with E-state index in [0.29, 0.717) is 34.6 Å². The summed E-state index contributed by atoms with van der Waals surface area (Å²) < 4.78 is 17.3. The zero-order chi connectivity index (χ0) is 23.4. The Bertz CT molecular complexity index is 1050. The Kier molecular flexibility index (Phi) is 7.08. The lowest BCUT2D eigenvalue weighted by Gasteiger charge is -2.20. The summed E-state index contributed by atoms with van der Waals surface area (Å²) in [5, 5.41) is 18.4. The highest BCUT2D eigenvalue weighted by Crippen LogP contribution is 2.29. The maximum Gasteiger partial charge on any atom is 0.412 e. The van der Waals surface area contributed by atoms with Crippen LogP contribution in [-0.4, -0.2) is 48.8 Å². The minimum Gasteiger partial charge on any atom is -0.441 e. The van der Waals surface area contributed by atoms with E-state index in [2.05, 4.69) is 35.9 Å². The topological polar surface area (TPSA) is 105 Å². The molecule has 3 N–H and O–H groups in total. The molecule has 2 fully saturated rings. The number of hydrogen-bond donors (Lipinski definition) is 3. The highest BCUT2D eigenvalue weighted by atomic mass is 32.1. The Morgan fingerprint density at radius 2 is 1.85 bits per heavy atom. The fourth-order valence-electron chi connectivity index (χ4n) is 3.93. The molecule has 4 rings (SSSR count). The van der Waals surface area contributed by atoms with Gasteiger partial charge in [0.2, 0.25) is 0 Å². The van der Waals surface area contributed by atoms with Gasteiger partial charge in [-0.15, -0.1) is 0 Å². The largest absolute Gasteiger partial charge is 0.441 e. The molecule has 0 radical (unpaired) electrons. The molecular weight excluding hydrogens is 440 g/mol. The van der Waals surface area contributed by atoms with E-state index in [1.807, 2.05) is 30.3 Å². The van der Waals surface area contributed by atoms with Gasteiger partial charge in [-0.05, 0) is 54.0 Å². The average Bonchev–Trinajstić information content (AvgIpc) is 3.37. The summed E-state index contributed by atoms with van der Waals surface area (Å²) in [6.07, 6.45) is -1.72. The molecule has 0 spiro atoms. The molecule has 2 aromatic carbocycles. The summed E-state index contributed by atoms with van der Waals surface area (Å²) in [4.78, 5) is 12.4. The van der Waals surface area contributed by atoms with Gasteiger partial charge in [0.05, 0.1) is 30.9 Å². The Hall–Kier alpha value is -3.19. The van der Waals surface area contributed by atoms with E-state index >= 15 is 0 Å². The van der Waals surface area contributed by atoms with Gasteiger partial charge in [0.1, 0.15) is 12.2 Å². The molecule has 2 saturated heterocycles. The van der Waals surface area contributed by atoms with Crippen molar-refractivity contribution >= 4 is 34.8 Å². The van der Waals surface area contributed by atoms with Gasteiger partial charge in [-0.25, -0.2) is 4.79 Å². The second kappa shape index (κ2) is 10.2. The predicted octanol–water partition coefficient (Wildman–Crippen LogP) is 3.75. The first-order chi connectivity index (χ1) is 15.9. The van der Waals surface area contributed by atoms with Crippen molar-refractivity contribution in [2.24, 2.45) is 0 Å². The van der Waals surface area contributed by atoms with E-state index in [0.717, 1.165) is 0 Å². The van der Waals surface area contributed by atoms with Crippen molar-refractivity contribution in [3.05, 3.63) is 59.7 Å². The lowest BCUT2D eigenvalue weighted by atomic mass is 10.0. The summed E-state index contributed by atoms with van der Waals surface area (Å²) in [6, 6.07) is 16.6. The highest BCUT2D eigenvalue weighted by molar-refractivity contribution is 7.80. The predicted molar refractivity (Wildman–Crippen MR) is 128 cm³/mol. The first-order valence-corrected chi connectivity index (χ1v) is 11.2. The third kappa shape index (κ3) is 5.60. The van der Waals surface area contributed by atoms with Crippen LogP contribution in [0, 0.1) is 11.3 Å². The average molecular weight is 467 g/mol. The molecule has 0 aromatic heterocycles. The normalized spacial score (nSPS) is 23.5. The number of hydrogen-bond acceptors (Lipinski definition) is 6. The Balaban J connectivity index is 1.27. The first-order valence-electron chi connectivity index (χ1n) is 10.8. The first kappa shape index (κ1) is 23.0. The second-order valence-corrected chi connectivity index (χ2v) is 8.75. The Morgan fingerprint density at radius 1 is 1.09 bits per heavy atom. The van der Waals surface area contributed by atoms with Crippen molar-refractivity contribution in [2.75, 3.05) is 23.8 Å². The quantitative estimate of drug-likeness (QED) is 0.573. The molecule has 172 valence electrons. The van der Waals surface area contributed by atoms with Gasteiger partial charge in [0.15, 0.2) is 11.2 Å². The number of anilines is 2. The van der Waals surface area contributed by atoms with Gasteiger partial charge >= 0.3 is 6.09 Å². The zero-order valence-electron chi connectivity index (χ0n) is 18.4. The standard InChI is InChI=1S/C24H26N4O4S/c1-14(2)16-6-8-17(9-7-16)27-24(29)32-20-13-31-21-19(12-30-22(20)21)28-23(33)26-18-5-3-4-15(10-18)11-25/h3-10,14,19-22H,12-13H2,1-2H3,(H,27,29)(H2,26,28,33)/t19-,20-,21-,22+/m0/s1. The fourth-order valence-corrected chi connectivity index (χ4v) is 4.20. The summed E-state index contributed by atoms with van der Waals surface area (Å²) in [5.74, 6) is 0.422. The zero-order valence-corrected chi connectivity index (χ0v) is 19.2. The van der Waals surface area contributed by atoms with Crippen molar-refractivity contribution in [1.82, 2.24) is 5.32 Å². The fraction of sp³-hybridized carbons (Fsp3) is 0.375. The molecule has 2 aliphatic rings. The molecular formula is C24H26N4O4S. The second-order valence-electron chi connectivity index (χ2n) is 8.34. The molecule has 4 atom stereocenters. The molecule has 8 nitrogen and oxygen atoms in total. The van der Waals surface area contributed by atoms with E-state index in [-0.39, 0.29) is 24.9 Å². The lowest BCUT2D eigenvalue weighted by molar-refractivity contribution is 0.00880. The maximum atomic E-state index is 12.4. The summed E-state index contributed by atoms with van der Waals surface area (Å²) in [6.45, 7) is 4.85. The third-order valence-corrected chi connectivity index (χ3v) is 5.88. The number of rotatable bonds is 5. The van der Waals surface area contributed by atoms with Crippen LogP contribution < -0.4 is 16.0 Å². The number of carbonyl (C=O) groups excluding carboxylic acids is 1. The van der Waals surface area contributed by atoms with Crippen LogP contribution in [0.25, 0.3) is 0 Å². The summed E-state index contributed by atoms with van der Waals surface area (Å²) >= 11 is 5.40. The van der Waals surface area contributed by atoms with E-state index in [1.165, 1.54) is 5.56 Å². The van der Waals surface area contributed by atoms with Crippen LogP contribution in [0.2, 0.25) is 0 Å². The van der Waals surface area contributed by atoms with Crippen LogP contribution in [0.3, 0.4) is 0 Å². The van der Waals surface area contributed by atoms with Crippen LogP contribution in [0.15, 0.2) is 48.5 Å². The van der Waals surface area contributed by atoms with Gasteiger partial charge in [-0.2, -0.15) is 5.26 Å².